The highest BCUT2D eigenvalue weighted by Gasteiger charge is 2.23. The van der Waals surface area contributed by atoms with Crippen LogP contribution in [0.5, 0.6) is 0 Å². The van der Waals surface area contributed by atoms with Gasteiger partial charge in [-0.1, -0.05) is 23.5 Å². The van der Waals surface area contributed by atoms with Crippen molar-refractivity contribution in [1.29, 1.82) is 0 Å². The number of thiazole rings is 1. The monoisotopic (exact) mass is 343 g/mol. The van der Waals surface area contributed by atoms with E-state index in [1.54, 1.807) is 22.7 Å². The summed E-state index contributed by atoms with van der Waals surface area (Å²) in [6.07, 6.45) is 0.518. The van der Waals surface area contributed by atoms with Crippen LogP contribution in [0.25, 0.3) is 10.2 Å². The van der Waals surface area contributed by atoms with Gasteiger partial charge in [0, 0.05) is 26.2 Å². The first-order valence-electron chi connectivity index (χ1n) is 7.69. The van der Waals surface area contributed by atoms with Crippen molar-refractivity contribution in [2.75, 3.05) is 31.1 Å². The minimum atomic E-state index is 0.229. The molecule has 0 spiro atoms. The number of benzene rings is 1. The number of rotatable bonds is 3. The highest BCUT2D eigenvalue weighted by Crippen LogP contribution is 2.29. The van der Waals surface area contributed by atoms with E-state index >= 15 is 0 Å². The van der Waals surface area contributed by atoms with Crippen LogP contribution in [0.3, 0.4) is 0 Å². The Balaban J connectivity index is 1.39. The number of piperazine rings is 1. The van der Waals surface area contributed by atoms with Crippen molar-refractivity contribution in [3.05, 3.63) is 46.7 Å². The summed E-state index contributed by atoms with van der Waals surface area (Å²) in [6.45, 7) is 3.27. The Bertz CT molecular complexity index is 771. The molecule has 0 unspecified atom stereocenters. The first kappa shape index (κ1) is 14.7. The Morgan fingerprint density at radius 3 is 2.70 bits per heavy atom. The topological polar surface area (TPSA) is 36.4 Å². The lowest BCUT2D eigenvalue weighted by Crippen LogP contribution is -2.49. The lowest BCUT2D eigenvalue weighted by Gasteiger charge is -2.34. The molecule has 0 saturated carbocycles. The van der Waals surface area contributed by atoms with Crippen LogP contribution in [-0.2, 0) is 11.2 Å². The van der Waals surface area contributed by atoms with Gasteiger partial charge in [0.1, 0.15) is 0 Å². The number of nitrogens with zero attached hydrogens (tertiary/aromatic N) is 3. The molecule has 4 rings (SSSR count). The molecule has 0 atom stereocenters. The Morgan fingerprint density at radius 1 is 1.13 bits per heavy atom. The van der Waals surface area contributed by atoms with E-state index in [9.17, 15) is 4.79 Å². The van der Waals surface area contributed by atoms with Crippen LogP contribution in [0.1, 0.15) is 5.56 Å². The van der Waals surface area contributed by atoms with Crippen molar-refractivity contribution >= 4 is 43.9 Å². The number of fused-ring (bicyclic) bond motifs is 1. The lowest BCUT2D eigenvalue weighted by atomic mass is 10.2. The summed E-state index contributed by atoms with van der Waals surface area (Å²) in [5.74, 6) is 0.229. The van der Waals surface area contributed by atoms with Gasteiger partial charge in [-0.3, -0.25) is 4.79 Å². The van der Waals surface area contributed by atoms with Crippen molar-refractivity contribution in [2.45, 2.75) is 6.42 Å². The van der Waals surface area contributed by atoms with Gasteiger partial charge in [-0.25, -0.2) is 4.98 Å². The number of hydrogen-bond acceptors (Lipinski definition) is 5. The lowest BCUT2D eigenvalue weighted by molar-refractivity contribution is -0.130. The van der Waals surface area contributed by atoms with E-state index in [1.807, 2.05) is 28.5 Å². The number of carbonyl (C=O) groups excluding carboxylic acids is 1. The molecule has 0 bridgehead atoms. The van der Waals surface area contributed by atoms with Crippen molar-refractivity contribution in [2.24, 2.45) is 0 Å². The number of aromatic nitrogens is 1. The second-order valence-corrected chi connectivity index (χ2v) is 7.43. The average molecular weight is 343 g/mol. The SMILES string of the molecule is O=C(Cc1ccsc1)N1CCN(c2nc3ccccc3s2)CC1. The van der Waals surface area contributed by atoms with Gasteiger partial charge in [-0.15, -0.1) is 0 Å². The van der Waals surface area contributed by atoms with Crippen molar-refractivity contribution < 1.29 is 4.79 Å². The van der Waals surface area contributed by atoms with Crippen LogP contribution in [0, 0.1) is 0 Å². The predicted molar refractivity (Wildman–Crippen MR) is 96.4 cm³/mol. The van der Waals surface area contributed by atoms with E-state index in [4.69, 9.17) is 4.98 Å². The van der Waals surface area contributed by atoms with Gasteiger partial charge in [0.15, 0.2) is 5.13 Å². The van der Waals surface area contributed by atoms with Gasteiger partial charge in [-0.2, -0.15) is 11.3 Å². The molecule has 1 aliphatic heterocycles. The third-order valence-corrected chi connectivity index (χ3v) is 5.95. The fourth-order valence-corrected chi connectivity index (χ4v) is 4.51. The number of hydrogen-bond donors (Lipinski definition) is 0. The van der Waals surface area contributed by atoms with E-state index in [-0.39, 0.29) is 5.91 Å². The smallest absolute Gasteiger partial charge is 0.227 e. The Labute approximate surface area is 143 Å². The molecule has 0 N–H and O–H groups in total. The van der Waals surface area contributed by atoms with Gasteiger partial charge in [0.05, 0.1) is 16.6 Å². The number of anilines is 1. The molecule has 3 heterocycles. The molecular formula is C17H17N3OS2. The molecule has 0 radical (unpaired) electrons. The molecule has 118 valence electrons. The quantitative estimate of drug-likeness (QED) is 0.732. The Hall–Kier alpha value is -1.92. The van der Waals surface area contributed by atoms with E-state index in [0.29, 0.717) is 6.42 Å². The zero-order valence-electron chi connectivity index (χ0n) is 12.6. The molecule has 2 aromatic heterocycles. The van der Waals surface area contributed by atoms with Crippen LogP contribution >= 0.6 is 22.7 Å². The number of thiophene rings is 1. The summed E-state index contributed by atoms with van der Waals surface area (Å²) in [5, 5.41) is 5.14. The van der Waals surface area contributed by atoms with Crippen molar-refractivity contribution in [3.8, 4) is 0 Å². The Kier molecular flexibility index (Phi) is 4.01. The minimum Gasteiger partial charge on any atom is -0.345 e. The maximum absolute atomic E-state index is 12.3. The third kappa shape index (κ3) is 3.09. The summed E-state index contributed by atoms with van der Waals surface area (Å²) >= 11 is 3.37. The van der Waals surface area contributed by atoms with E-state index in [0.717, 1.165) is 42.4 Å². The summed E-state index contributed by atoms with van der Waals surface area (Å²) < 4.78 is 1.22. The van der Waals surface area contributed by atoms with Crippen LogP contribution in [0.4, 0.5) is 5.13 Å². The maximum Gasteiger partial charge on any atom is 0.227 e. The standard InChI is InChI=1S/C17H17N3OS2/c21-16(11-13-5-10-22-12-13)19-6-8-20(9-7-19)17-18-14-3-1-2-4-15(14)23-17/h1-5,10,12H,6-9,11H2. The summed E-state index contributed by atoms with van der Waals surface area (Å²) in [6, 6.07) is 10.3. The molecule has 4 nitrogen and oxygen atoms in total. The zero-order chi connectivity index (χ0) is 15.6. The molecule has 0 aliphatic carbocycles. The molecule has 3 aromatic rings. The fraction of sp³-hybridized carbons (Fsp3) is 0.294. The molecule has 1 amide bonds. The van der Waals surface area contributed by atoms with Gasteiger partial charge in [-0.05, 0) is 34.5 Å². The van der Waals surface area contributed by atoms with Crippen LogP contribution in [0.15, 0.2) is 41.1 Å². The molecule has 1 fully saturated rings. The molecule has 1 aliphatic rings. The zero-order valence-corrected chi connectivity index (χ0v) is 14.3. The van der Waals surface area contributed by atoms with Gasteiger partial charge < -0.3 is 9.80 Å². The van der Waals surface area contributed by atoms with Crippen LogP contribution < -0.4 is 4.90 Å². The number of para-hydroxylation sites is 1. The molecule has 23 heavy (non-hydrogen) atoms. The van der Waals surface area contributed by atoms with E-state index in [2.05, 4.69) is 22.4 Å². The largest absolute Gasteiger partial charge is 0.345 e. The highest BCUT2D eigenvalue weighted by molar-refractivity contribution is 7.22. The summed E-state index contributed by atoms with van der Waals surface area (Å²) in [7, 11) is 0. The third-order valence-electron chi connectivity index (χ3n) is 4.12. The van der Waals surface area contributed by atoms with Crippen molar-refractivity contribution in [3.63, 3.8) is 0 Å². The average Bonchev–Trinajstić information content (AvgIpc) is 3.24. The molecule has 1 aromatic carbocycles. The number of amides is 1. The molecule has 6 heteroatoms. The normalized spacial score (nSPS) is 15.3. The first-order valence-corrected chi connectivity index (χ1v) is 9.45. The molecule has 1 saturated heterocycles. The Morgan fingerprint density at radius 2 is 1.96 bits per heavy atom. The molecular weight excluding hydrogens is 326 g/mol. The van der Waals surface area contributed by atoms with Crippen LogP contribution in [-0.4, -0.2) is 42.0 Å². The van der Waals surface area contributed by atoms with Gasteiger partial charge in [0.2, 0.25) is 5.91 Å². The fourth-order valence-electron chi connectivity index (χ4n) is 2.82. The second-order valence-electron chi connectivity index (χ2n) is 5.64. The van der Waals surface area contributed by atoms with Gasteiger partial charge in [0.25, 0.3) is 0 Å². The van der Waals surface area contributed by atoms with Crippen molar-refractivity contribution in [1.82, 2.24) is 9.88 Å². The number of carbonyl (C=O) groups is 1. The predicted octanol–water partition coefficient (Wildman–Crippen LogP) is 3.25. The van der Waals surface area contributed by atoms with E-state index < -0.39 is 0 Å². The van der Waals surface area contributed by atoms with Gasteiger partial charge >= 0.3 is 0 Å². The van der Waals surface area contributed by atoms with Crippen LogP contribution in [0.2, 0.25) is 0 Å². The summed E-state index contributed by atoms with van der Waals surface area (Å²) in [4.78, 5) is 21.3. The first-order chi connectivity index (χ1) is 11.3. The second kappa shape index (κ2) is 6.29. The maximum atomic E-state index is 12.3. The highest BCUT2D eigenvalue weighted by atomic mass is 32.1. The summed E-state index contributed by atoms with van der Waals surface area (Å²) in [5.41, 5.74) is 2.18. The van der Waals surface area contributed by atoms with E-state index in [1.165, 1.54) is 4.70 Å². The minimum absolute atomic E-state index is 0.229.